The highest BCUT2D eigenvalue weighted by Crippen LogP contribution is 2.30. The summed E-state index contributed by atoms with van der Waals surface area (Å²) in [5, 5.41) is 21.1. The number of hydrogen-bond donors (Lipinski definition) is 1. The molecule has 0 atom stereocenters. The van der Waals surface area contributed by atoms with E-state index in [1.807, 2.05) is 6.07 Å². The van der Waals surface area contributed by atoms with Gasteiger partial charge in [0.25, 0.3) is 0 Å². The maximum absolute atomic E-state index is 12.7. The Morgan fingerprint density at radius 3 is 2.22 bits per heavy atom. The molecule has 8 heteroatoms. The van der Waals surface area contributed by atoms with Crippen molar-refractivity contribution in [3.05, 3.63) is 29.8 Å². The molecule has 2 fully saturated rings. The zero-order valence-corrected chi connectivity index (χ0v) is 15.8. The number of amides is 1. The maximum Gasteiger partial charge on any atom is 0.243 e. The molecule has 1 aromatic carbocycles. The molecule has 0 aromatic heterocycles. The Bertz CT molecular complexity index is 882. The van der Waals surface area contributed by atoms with Gasteiger partial charge in [-0.2, -0.15) is 14.8 Å². The second kappa shape index (κ2) is 7.67. The molecule has 142 valence electrons. The monoisotopic (exact) mass is 386 g/mol. The summed E-state index contributed by atoms with van der Waals surface area (Å²) in [7, 11) is -3.64. The van der Waals surface area contributed by atoms with Crippen LogP contribution in [0.15, 0.2) is 29.2 Å². The van der Waals surface area contributed by atoms with Crippen LogP contribution < -0.4 is 5.32 Å². The van der Waals surface area contributed by atoms with Crippen molar-refractivity contribution in [2.45, 2.75) is 49.0 Å². The summed E-state index contributed by atoms with van der Waals surface area (Å²) in [5.74, 6) is -0.419. The third kappa shape index (κ3) is 3.97. The Labute approximate surface area is 159 Å². The number of nitriles is 2. The predicted octanol–water partition coefficient (Wildman–Crippen LogP) is 1.91. The number of sulfonamides is 1. The molecule has 3 rings (SSSR count). The van der Waals surface area contributed by atoms with Crippen LogP contribution in [0.4, 0.5) is 0 Å². The quantitative estimate of drug-likeness (QED) is 0.849. The van der Waals surface area contributed by atoms with E-state index in [1.54, 1.807) is 0 Å². The van der Waals surface area contributed by atoms with Crippen LogP contribution >= 0.6 is 0 Å². The maximum atomic E-state index is 12.7. The van der Waals surface area contributed by atoms with Gasteiger partial charge in [-0.25, -0.2) is 8.42 Å². The molecule has 2 aliphatic rings. The highest BCUT2D eigenvalue weighted by Gasteiger charge is 2.38. The number of benzene rings is 1. The topological polar surface area (TPSA) is 114 Å². The summed E-state index contributed by atoms with van der Waals surface area (Å²) in [4.78, 5) is 12.7. The highest BCUT2D eigenvalue weighted by molar-refractivity contribution is 7.89. The molecule has 0 bridgehead atoms. The zero-order chi connectivity index (χ0) is 19.5. The van der Waals surface area contributed by atoms with Gasteiger partial charge >= 0.3 is 0 Å². The van der Waals surface area contributed by atoms with E-state index in [0.29, 0.717) is 31.2 Å². The van der Waals surface area contributed by atoms with Gasteiger partial charge in [0.2, 0.25) is 15.9 Å². The Morgan fingerprint density at radius 1 is 1.11 bits per heavy atom. The molecule has 7 nitrogen and oxygen atoms in total. The Kier molecular flexibility index (Phi) is 5.50. The summed E-state index contributed by atoms with van der Waals surface area (Å²) >= 11 is 0. The Balaban J connectivity index is 1.61. The summed E-state index contributed by atoms with van der Waals surface area (Å²) in [6.45, 7) is 0.528. The van der Waals surface area contributed by atoms with E-state index in [9.17, 15) is 18.5 Å². The number of nitrogens with one attached hydrogen (secondary N) is 1. The van der Waals surface area contributed by atoms with Crippen molar-refractivity contribution < 1.29 is 13.2 Å². The Hall–Kier alpha value is -2.42. The fourth-order valence-electron chi connectivity index (χ4n) is 3.79. The molecule has 1 saturated carbocycles. The number of carbonyl (C=O) groups is 1. The van der Waals surface area contributed by atoms with Gasteiger partial charge in [-0.3, -0.25) is 4.79 Å². The molecule has 1 aliphatic heterocycles. The van der Waals surface area contributed by atoms with Crippen LogP contribution in [0.5, 0.6) is 0 Å². The molecule has 1 aliphatic carbocycles. The number of nitrogens with zero attached hydrogens (tertiary/aromatic N) is 3. The first kappa shape index (κ1) is 19.3. The lowest BCUT2D eigenvalue weighted by atomic mass is 9.93. The smallest absolute Gasteiger partial charge is 0.243 e. The molecular weight excluding hydrogens is 364 g/mol. The van der Waals surface area contributed by atoms with Gasteiger partial charge in [0.15, 0.2) is 0 Å². The molecule has 1 amide bonds. The van der Waals surface area contributed by atoms with Crippen LogP contribution in [0.25, 0.3) is 0 Å². The normalized spacial score (nSPS) is 20.5. The lowest BCUT2D eigenvalue weighted by molar-refractivity contribution is -0.127. The second-order valence-corrected chi connectivity index (χ2v) is 9.14. The first-order valence-electron chi connectivity index (χ1n) is 9.14. The fraction of sp³-hybridized carbons (Fsp3) is 0.526. The van der Waals surface area contributed by atoms with Crippen molar-refractivity contribution in [1.82, 2.24) is 9.62 Å². The zero-order valence-electron chi connectivity index (χ0n) is 15.0. The number of carbonyl (C=O) groups excluding carboxylic acids is 1. The molecule has 27 heavy (non-hydrogen) atoms. The van der Waals surface area contributed by atoms with Gasteiger partial charge in [0, 0.05) is 19.0 Å². The minimum atomic E-state index is -3.64. The number of hydrogen-bond acceptors (Lipinski definition) is 5. The largest absolute Gasteiger partial charge is 0.338 e. The van der Waals surface area contributed by atoms with E-state index >= 15 is 0 Å². The van der Waals surface area contributed by atoms with Crippen molar-refractivity contribution in [1.29, 1.82) is 10.5 Å². The minimum Gasteiger partial charge on any atom is -0.338 e. The van der Waals surface area contributed by atoms with E-state index in [0.717, 1.165) is 12.8 Å². The molecule has 1 aromatic rings. The third-order valence-corrected chi connectivity index (χ3v) is 7.39. The van der Waals surface area contributed by atoms with Crippen molar-refractivity contribution >= 4 is 15.9 Å². The second-order valence-electron chi connectivity index (χ2n) is 7.20. The van der Waals surface area contributed by atoms with E-state index in [-0.39, 0.29) is 29.8 Å². The van der Waals surface area contributed by atoms with Crippen molar-refractivity contribution in [3.63, 3.8) is 0 Å². The molecular formula is C19H22N4O3S. The molecule has 0 radical (unpaired) electrons. The first-order valence-corrected chi connectivity index (χ1v) is 10.6. The molecule has 1 N–H and O–H groups in total. The van der Waals surface area contributed by atoms with Gasteiger partial charge in [0.05, 0.1) is 22.6 Å². The predicted molar refractivity (Wildman–Crippen MR) is 97.6 cm³/mol. The lowest BCUT2D eigenvalue weighted by Gasteiger charge is -2.32. The number of rotatable bonds is 4. The van der Waals surface area contributed by atoms with Gasteiger partial charge in [-0.15, -0.1) is 0 Å². The average molecular weight is 386 g/mol. The van der Waals surface area contributed by atoms with Crippen LogP contribution in [0.1, 0.15) is 44.1 Å². The minimum absolute atomic E-state index is 0.145. The van der Waals surface area contributed by atoms with Gasteiger partial charge < -0.3 is 5.32 Å². The van der Waals surface area contributed by atoms with Gasteiger partial charge in [0.1, 0.15) is 5.54 Å². The van der Waals surface area contributed by atoms with E-state index < -0.39 is 15.6 Å². The molecule has 1 saturated heterocycles. The Morgan fingerprint density at radius 2 is 1.70 bits per heavy atom. The summed E-state index contributed by atoms with van der Waals surface area (Å²) in [6, 6.07) is 10.0. The van der Waals surface area contributed by atoms with Gasteiger partial charge in [-0.1, -0.05) is 0 Å². The summed E-state index contributed by atoms with van der Waals surface area (Å²) in [6.07, 6.45) is 4.11. The van der Waals surface area contributed by atoms with Crippen molar-refractivity contribution in [3.8, 4) is 12.1 Å². The van der Waals surface area contributed by atoms with Crippen LogP contribution in [0, 0.1) is 28.6 Å². The highest BCUT2D eigenvalue weighted by atomic mass is 32.2. The molecule has 0 unspecified atom stereocenters. The van der Waals surface area contributed by atoms with Gasteiger partial charge in [-0.05, 0) is 62.8 Å². The first-order chi connectivity index (χ1) is 12.9. The molecule has 1 heterocycles. The van der Waals surface area contributed by atoms with Crippen LogP contribution in [0.3, 0.4) is 0 Å². The molecule has 0 spiro atoms. The summed E-state index contributed by atoms with van der Waals surface area (Å²) < 4.78 is 26.9. The SMILES string of the molecule is N#Cc1ccc(S(=O)(=O)N2CCC(C(=O)NC3(C#N)CCCC3)CC2)cc1. The third-order valence-electron chi connectivity index (χ3n) is 5.48. The average Bonchev–Trinajstić information content (AvgIpc) is 3.17. The standard InChI is InChI=1S/C19H22N4O3S/c20-13-15-3-5-17(6-4-15)27(25,26)23-11-7-16(8-12-23)18(24)22-19(14-21)9-1-2-10-19/h3-6,16H,1-2,7-12H2,(H,22,24). The van der Waals surface area contributed by atoms with E-state index in [4.69, 9.17) is 5.26 Å². The lowest BCUT2D eigenvalue weighted by Crippen LogP contribution is -2.50. The van der Waals surface area contributed by atoms with Crippen LogP contribution in [-0.2, 0) is 14.8 Å². The van der Waals surface area contributed by atoms with E-state index in [1.165, 1.54) is 28.6 Å². The van der Waals surface area contributed by atoms with E-state index in [2.05, 4.69) is 11.4 Å². The van der Waals surface area contributed by atoms with Crippen LogP contribution in [0.2, 0.25) is 0 Å². The van der Waals surface area contributed by atoms with Crippen molar-refractivity contribution in [2.75, 3.05) is 13.1 Å². The van der Waals surface area contributed by atoms with Crippen molar-refractivity contribution in [2.24, 2.45) is 5.92 Å². The number of piperidine rings is 1. The summed E-state index contributed by atoms with van der Waals surface area (Å²) in [5.41, 5.74) is -0.342. The van der Waals surface area contributed by atoms with Crippen LogP contribution in [-0.4, -0.2) is 37.3 Å². The fourth-order valence-corrected chi connectivity index (χ4v) is 5.26.